The van der Waals surface area contributed by atoms with Gasteiger partial charge in [-0.25, -0.2) is 4.79 Å². The third-order valence-corrected chi connectivity index (χ3v) is 4.40. The molecule has 2 aromatic rings. The van der Waals surface area contributed by atoms with Crippen LogP contribution in [-0.2, 0) is 14.3 Å². The summed E-state index contributed by atoms with van der Waals surface area (Å²) in [6.45, 7) is 8.75. The van der Waals surface area contributed by atoms with E-state index in [1.807, 2.05) is 39.0 Å². The van der Waals surface area contributed by atoms with Gasteiger partial charge in [0.25, 0.3) is 5.91 Å². The largest absolute Gasteiger partial charge is 0.479 e. The van der Waals surface area contributed by atoms with Crippen LogP contribution in [0.3, 0.4) is 0 Å². The zero-order valence-corrected chi connectivity index (χ0v) is 16.9. The smallest absolute Gasteiger partial charge is 0.347 e. The van der Waals surface area contributed by atoms with Crippen molar-refractivity contribution in [2.75, 3.05) is 5.32 Å². The number of halogens is 1. The molecular formula is C21H24ClNO4. The SMILES string of the molecule is Cc1cc(Cl)ccc1OC(C)C(=O)OC(C)C(=O)Nc1c(C)cccc1C. The van der Waals surface area contributed by atoms with Gasteiger partial charge in [0.05, 0.1) is 0 Å². The van der Waals surface area contributed by atoms with Crippen molar-refractivity contribution >= 4 is 29.2 Å². The first-order chi connectivity index (χ1) is 12.7. The van der Waals surface area contributed by atoms with E-state index in [1.165, 1.54) is 6.92 Å². The Morgan fingerprint density at radius 2 is 1.59 bits per heavy atom. The highest BCUT2D eigenvalue weighted by atomic mass is 35.5. The van der Waals surface area contributed by atoms with Crippen LogP contribution in [0.1, 0.15) is 30.5 Å². The minimum atomic E-state index is -0.950. The van der Waals surface area contributed by atoms with E-state index < -0.39 is 24.1 Å². The molecule has 2 rings (SSSR count). The van der Waals surface area contributed by atoms with Gasteiger partial charge in [0, 0.05) is 10.7 Å². The summed E-state index contributed by atoms with van der Waals surface area (Å²) in [5.74, 6) is -0.472. The highest BCUT2D eigenvalue weighted by Crippen LogP contribution is 2.23. The molecule has 2 atom stereocenters. The standard InChI is InChI=1S/C21H24ClNO4/c1-12-7-6-8-13(2)19(12)23-20(24)15(4)27-21(25)16(5)26-18-10-9-17(22)11-14(18)3/h6-11,15-16H,1-5H3,(H,23,24). The number of carbonyl (C=O) groups excluding carboxylic acids is 2. The van der Waals surface area contributed by atoms with Crippen molar-refractivity contribution in [1.82, 2.24) is 0 Å². The quantitative estimate of drug-likeness (QED) is 0.733. The molecule has 0 radical (unpaired) electrons. The number of aryl methyl sites for hydroxylation is 3. The second-order valence-electron chi connectivity index (χ2n) is 6.51. The molecule has 5 nitrogen and oxygen atoms in total. The first-order valence-electron chi connectivity index (χ1n) is 8.69. The molecule has 0 saturated heterocycles. The number of esters is 1. The van der Waals surface area contributed by atoms with Crippen molar-refractivity contribution in [2.24, 2.45) is 0 Å². The maximum Gasteiger partial charge on any atom is 0.347 e. The van der Waals surface area contributed by atoms with E-state index in [4.69, 9.17) is 21.1 Å². The Labute approximate surface area is 164 Å². The molecule has 0 saturated carbocycles. The number of hydrogen-bond acceptors (Lipinski definition) is 4. The third-order valence-electron chi connectivity index (χ3n) is 4.16. The van der Waals surface area contributed by atoms with Gasteiger partial charge in [-0.2, -0.15) is 0 Å². The normalized spacial score (nSPS) is 12.8. The number of hydrogen-bond donors (Lipinski definition) is 1. The number of carbonyl (C=O) groups is 2. The second-order valence-corrected chi connectivity index (χ2v) is 6.94. The van der Waals surface area contributed by atoms with Gasteiger partial charge in [0.1, 0.15) is 5.75 Å². The van der Waals surface area contributed by atoms with E-state index in [0.29, 0.717) is 10.8 Å². The Balaban J connectivity index is 1.96. The van der Waals surface area contributed by atoms with Crippen LogP contribution in [0.25, 0.3) is 0 Å². The molecule has 0 fully saturated rings. The molecule has 144 valence electrons. The van der Waals surface area contributed by atoms with Crippen LogP contribution in [0.2, 0.25) is 5.02 Å². The number of nitrogens with one attached hydrogen (secondary N) is 1. The number of rotatable bonds is 6. The summed E-state index contributed by atoms with van der Waals surface area (Å²) >= 11 is 5.92. The maximum atomic E-state index is 12.4. The average molecular weight is 390 g/mol. The van der Waals surface area contributed by atoms with Crippen molar-refractivity contribution in [3.05, 3.63) is 58.1 Å². The lowest BCUT2D eigenvalue weighted by atomic mass is 10.1. The van der Waals surface area contributed by atoms with Gasteiger partial charge in [0.2, 0.25) is 0 Å². The van der Waals surface area contributed by atoms with E-state index in [9.17, 15) is 9.59 Å². The maximum absolute atomic E-state index is 12.4. The lowest BCUT2D eigenvalue weighted by molar-refractivity contribution is -0.159. The molecule has 6 heteroatoms. The van der Waals surface area contributed by atoms with Gasteiger partial charge in [-0.15, -0.1) is 0 Å². The average Bonchev–Trinajstić information content (AvgIpc) is 2.60. The van der Waals surface area contributed by atoms with Crippen LogP contribution in [-0.4, -0.2) is 24.1 Å². The Hall–Kier alpha value is -2.53. The van der Waals surface area contributed by atoms with Crippen molar-refractivity contribution in [2.45, 2.75) is 46.8 Å². The summed E-state index contributed by atoms with van der Waals surface area (Å²) in [6, 6.07) is 10.9. The second kappa shape index (κ2) is 8.91. The molecule has 0 spiro atoms. The molecule has 1 amide bonds. The highest BCUT2D eigenvalue weighted by Gasteiger charge is 2.24. The summed E-state index contributed by atoms with van der Waals surface area (Å²) in [7, 11) is 0. The molecule has 0 aliphatic rings. The summed E-state index contributed by atoms with van der Waals surface area (Å²) < 4.78 is 10.9. The molecule has 2 unspecified atom stereocenters. The Morgan fingerprint density at radius 3 is 2.19 bits per heavy atom. The molecule has 27 heavy (non-hydrogen) atoms. The Morgan fingerprint density at radius 1 is 0.963 bits per heavy atom. The fourth-order valence-electron chi connectivity index (χ4n) is 2.54. The fourth-order valence-corrected chi connectivity index (χ4v) is 2.77. The summed E-state index contributed by atoms with van der Waals surface area (Å²) in [5.41, 5.74) is 3.42. The van der Waals surface area contributed by atoms with E-state index in [0.717, 1.165) is 22.4 Å². The Bertz CT molecular complexity index is 830. The van der Waals surface area contributed by atoms with E-state index in [1.54, 1.807) is 25.1 Å². The van der Waals surface area contributed by atoms with E-state index in [2.05, 4.69) is 5.32 Å². The molecule has 0 aliphatic heterocycles. The predicted molar refractivity (Wildman–Crippen MR) is 106 cm³/mol. The highest BCUT2D eigenvalue weighted by molar-refractivity contribution is 6.30. The Kier molecular flexibility index (Phi) is 6.86. The molecule has 0 aliphatic carbocycles. The summed E-state index contributed by atoms with van der Waals surface area (Å²) in [5, 5.41) is 3.41. The minimum Gasteiger partial charge on any atom is -0.479 e. The van der Waals surface area contributed by atoms with Crippen molar-refractivity contribution in [3.63, 3.8) is 0 Å². The third kappa shape index (κ3) is 5.47. The molecule has 0 bridgehead atoms. The van der Waals surface area contributed by atoms with Gasteiger partial charge in [-0.1, -0.05) is 29.8 Å². The van der Waals surface area contributed by atoms with Gasteiger partial charge in [0.15, 0.2) is 12.2 Å². The lowest BCUT2D eigenvalue weighted by Crippen LogP contribution is -2.35. The predicted octanol–water partition coefficient (Wildman–Crippen LogP) is 4.60. The van der Waals surface area contributed by atoms with Crippen molar-refractivity contribution in [1.29, 1.82) is 0 Å². The van der Waals surface area contributed by atoms with Crippen LogP contribution in [0, 0.1) is 20.8 Å². The monoisotopic (exact) mass is 389 g/mol. The van der Waals surface area contributed by atoms with Gasteiger partial charge >= 0.3 is 5.97 Å². The first kappa shape index (κ1) is 20.8. The zero-order valence-electron chi connectivity index (χ0n) is 16.1. The molecule has 2 aromatic carbocycles. The first-order valence-corrected chi connectivity index (χ1v) is 9.07. The van der Waals surface area contributed by atoms with Gasteiger partial charge < -0.3 is 14.8 Å². The van der Waals surface area contributed by atoms with Gasteiger partial charge in [-0.3, -0.25) is 4.79 Å². The van der Waals surface area contributed by atoms with Crippen molar-refractivity contribution in [3.8, 4) is 5.75 Å². The van der Waals surface area contributed by atoms with Crippen LogP contribution in [0.5, 0.6) is 5.75 Å². The molecule has 0 heterocycles. The van der Waals surface area contributed by atoms with E-state index >= 15 is 0 Å². The number of amides is 1. The topological polar surface area (TPSA) is 64.6 Å². The van der Waals surface area contributed by atoms with Crippen LogP contribution >= 0.6 is 11.6 Å². The zero-order chi connectivity index (χ0) is 20.1. The number of anilines is 1. The fraction of sp³-hybridized carbons (Fsp3) is 0.333. The summed E-state index contributed by atoms with van der Waals surface area (Å²) in [4.78, 5) is 24.7. The van der Waals surface area contributed by atoms with Crippen LogP contribution < -0.4 is 10.1 Å². The molecular weight excluding hydrogens is 366 g/mol. The van der Waals surface area contributed by atoms with Crippen LogP contribution in [0.15, 0.2) is 36.4 Å². The molecule has 1 N–H and O–H groups in total. The molecule has 0 aromatic heterocycles. The van der Waals surface area contributed by atoms with Crippen molar-refractivity contribution < 1.29 is 19.1 Å². The van der Waals surface area contributed by atoms with E-state index in [-0.39, 0.29) is 0 Å². The van der Waals surface area contributed by atoms with Crippen LogP contribution in [0.4, 0.5) is 5.69 Å². The van der Waals surface area contributed by atoms with Gasteiger partial charge in [-0.05, 0) is 69.5 Å². The number of benzene rings is 2. The minimum absolute atomic E-state index is 0.393. The number of para-hydroxylation sites is 1. The number of ether oxygens (including phenoxy) is 2. The summed E-state index contributed by atoms with van der Waals surface area (Å²) in [6.07, 6.45) is -1.81. The lowest BCUT2D eigenvalue weighted by Gasteiger charge is -2.19.